The maximum atomic E-state index is 12.6. The van der Waals surface area contributed by atoms with Crippen LogP contribution in [-0.4, -0.2) is 42.1 Å². The molecule has 3 rings (SSSR count). The van der Waals surface area contributed by atoms with Crippen LogP contribution in [0.2, 0.25) is 5.02 Å². The van der Waals surface area contributed by atoms with Crippen molar-refractivity contribution in [1.82, 2.24) is 14.5 Å². The highest BCUT2D eigenvalue weighted by molar-refractivity contribution is 7.88. The Labute approximate surface area is 146 Å². The van der Waals surface area contributed by atoms with E-state index >= 15 is 0 Å². The third-order valence-electron chi connectivity index (χ3n) is 3.83. The summed E-state index contributed by atoms with van der Waals surface area (Å²) in [6.45, 7) is 0.836. The number of sulfonamides is 1. The summed E-state index contributed by atoms with van der Waals surface area (Å²) < 4.78 is 32.5. The first-order valence-corrected chi connectivity index (χ1v) is 9.68. The number of hydrogen-bond acceptors (Lipinski definition) is 5. The predicted molar refractivity (Wildman–Crippen MR) is 91.3 cm³/mol. The molecule has 1 fully saturated rings. The summed E-state index contributed by atoms with van der Waals surface area (Å²) in [4.78, 5) is 0. The Hall–Kier alpha value is -1.70. The van der Waals surface area contributed by atoms with E-state index in [2.05, 4.69) is 10.2 Å². The summed E-state index contributed by atoms with van der Waals surface area (Å²) in [5.74, 6) is 0.377. The first-order valence-electron chi connectivity index (χ1n) is 7.69. The molecule has 6 nitrogen and oxygen atoms in total. The molecule has 1 saturated heterocycles. The maximum absolute atomic E-state index is 12.6. The fourth-order valence-electron chi connectivity index (χ4n) is 2.66. The summed E-state index contributed by atoms with van der Waals surface area (Å²) in [7, 11) is -3.40. The van der Waals surface area contributed by atoms with E-state index in [1.165, 1.54) is 4.31 Å². The van der Waals surface area contributed by atoms with Crippen molar-refractivity contribution in [3.05, 3.63) is 53.2 Å². The maximum Gasteiger partial charge on any atom is 0.233 e. The Morgan fingerprint density at radius 3 is 2.75 bits per heavy atom. The van der Waals surface area contributed by atoms with Crippen LogP contribution >= 0.6 is 11.6 Å². The first kappa shape index (κ1) is 17.1. The van der Waals surface area contributed by atoms with E-state index in [0.717, 1.165) is 18.4 Å². The summed E-state index contributed by atoms with van der Waals surface area (Å²) in [6, 6.07) is 10.3. The number of aromatic nitrogens is 2. The van der Waals surface area contributed by atoms with E-state index in [0.29, 0.717) is 24.0 Å². The standard InChI is InChI=1S/C16H18ClN3O3S/c17-14-7-5-13(6-8-14)12-24(21,22)20-10-2-3-15(11-20)23-16-4-1-9-18-19-16/h1,4-9,15H,2-3,10-12H2. The van der Waals surface area contributed by atoms with Gasteiger partial charge in [-0.1, -0.05) is 23.7 Å². The largest absolute Gasteiger partial charge is 0.472 e. The van der Waals surface area contributed by atoms with E-state index in [9.17, 15) is 8.42 Å². The van der Waals surface area contributed by atoms with Crippen LogP contribution in [0.5, 0.6) is 5.88 Å². The fourth-order valence-corrected chi connectivity index (χ4v) is 4.38. The second-order valence-corrected chi connectivity index (χ2v) is 8.09. The minimum absolute atomic E-state index is 0.0397. The molecule has 1 atom stereocenters. The molecule has 1 aliphatic heterocycles. The zero-order chi connectivity index (χ0) is 17.0. The molecule has 1 unspecified atom stereocenters. The smallest absolute Gasteiger partial charge is 0.233 e. The SMILES string of the molecule is O=S(=O)(Cc1ccc(Cl)cc1)N1CCCC(Oc2cccnn2)C1. The van der Waals surface area contributed by atoms with Crippen LogP contribution in [0.15, 0.2) is 42.6 Å². The quantitative estimate of drug-likeness (QED) is 0.811. The lowest BCUT2D eigenvalue weighted by Crippen LogP contribution is -2.44. The van der Waals surface area contributed by atoms with Gasteiger partial charge in [-0.3, -0.25) is 0 Å². The normalized spacial score (nSPS) is 19.1. The Balaban J connectivity index is 1.65. The van der Waals surface area contributed by atoms with Crippen LogP contribution < -0.4 is 4.74 Å². The number of piperidine rings is 1. The highest BCUT2D eigenvalue weighted by atomic mass is 35.5. The Bertz CT molecular complexity index is 769. The monoisotopic (exact) mass is 367 g/mol. The van der Waals surface area contributed by atoms with Gasteiger partial charge in [0.05, 0.1) is 12.3 Å². The van der Waals surface area contributed by atoms with Crippen LogP contribution in [0.4, 0.5) is 0 Å². The second kappa shape index (κ2) is 7.46. The van der Waals surface area contributed by atoms with E-state index in [-0.39, 0.29) is 11.9 Å². The molecular formula is C16H18ClN3O3S. The van der Waals surface area contributed by atoms with Gasteiger partial charge in [0.15, 0.2) is 0 Å². The van der Waals surface area contributed by atoms with E-state index in [1.807, 2.05) is 0 Å². The average molecular weight is 368 g/mol. The van der Waals surface area contributed by atoms with Crippen LogP contribution in [0.1, 0.15) is 18.4 Å². The lowest BCUT2D eigenvalue weighted by molar-refractivity contribution is 0.123. The molecule has 2 aromatic rings. The molecular weight excluding hydrogens is 350 g/mol. The molecule has 8 heteroatoms. The van der Waals surface area contributed by atoms with Gasteiger partial charge in [-0.2, -0.15) is 9.40 Å². The predicted octanol–water partition coefficient (Wildman–Crippen LogP) is 2.50. The van der Waals surface area contributed by atoms with Gasteiger partial charge in [0.1, 0.15) is 6.10 Å². The number of nitrogens with zero attached hydrogens (tertiary/aromatic N) is 3. The zero-order valence-corrected chi connectivity index (χ0v) is 14.6. The van der Waals surface area contributed by atoms with Crippen molar-refractivity contribution in [3.8, 4) is 5.88 Å². The van der Waals surface area contributed by atoms with E-state index in [1.54, 1.807) is 42.6 Å². The van der Waals surface area contributed by atoms with Crippen molar-refractivity contribution in [2.24, 2.45) is 0 Å². The number of hydrogen-bond donors (Lipinski definition) is 0. The highest BCUT2D eigenvalue weighted by Gasteiger charge is 2.30. The molecule has 0 saturated carbocycles. The van der Waals surface area contributed by atoms with Crippen LogP contribution in [0.25, 0.3) is 0 Å². The molecule has 0 spiro atoms. The lowest BCUT2D eigenvalue weighted by Gasteiger charge is -2.31. The third kappa shape index (κ3) is 4.43. The zero-order valence-electron chi connectivity index (χ0n) is 13.0. The molecule has 0 amide bonds. The molecule has 1 aromatic carbocycles. The van der Waals surface area contributed by atoms with Gasteiger partial charge in [0.25, 0.3) is 0 Å². The average Bonchev–Trinajstić information content (AvgIpc) is 2.58. The second-order valence-electron chi connectivity index (χ2n) is 5.68. The van der Waals surface area contributed by atoms with Crippen LogP contribution in [0, 0.1) is 0 Å². The molecule has 0 N–H and O–H groups in total. The lowest BCUT2D eigenvalue weighted by atomic mass is 10.1. The fraction of sp³-hybridized carbons (Fsp3) is 0.375. The molecule has 0 bridgehead atoms. The molecule has 0 radical (unpaired) electrons. The minimum Gasteiger partial charge on any atom is -0.472 e. The Morgan fingerprint density at radius 1 is 1.25 bits per heavy atom. The molecule has 1 aliphatic rings. The van der Waals surface area contributed by atoms with Crippen molar-refractivity contribution in [1.29, 1.82) is 0 Å². The summed E-state index contributed by atoms with van der Waals surface area (Å²) in [5, 5.41) is 8.24. The van der Waals surface area contributed by atoms with Crippen molar-refractivity contribution in [2.45, 2.75) is 24.7 Å². The Kier molecular flexibility index (Phi) is 5.33. The van der Waals surface area contributed by atoms with Gasteiger partial charge in [-0.25, -0.2) is 8.42 Å². The van der Waals surface area contributed by atoms with Crippen LogP contribution in [0.3, 0.4) is 0 Å². The molecule has 1 aromatic heterocycles. The van der Waals surface area contributed by atoms with Crippen molar-refractivity contribution in [3.63, 3.8) is 0 Å². The summed E-state index contributed by atoms with van der Waals surface area (Å²) >= 11 is 5.84. The van der Waals surface area contributed by atoms with Crippen molar-refractivity contribution >= 4 is 21.6 Å². The number of halogens is 1. The number of ether oxygens (including phenoxy) is 1. The topological polar surface area (TPSA) is 72.4 Å². The highest BCUT2D eigenvalue weighted by Crippen LogP contribution is 2.21. The van der Waals surface area contributed by atoms with E-state index in [4.69, 9.17) is 16.3 Å². The first-order chi connectivity index (χ1) is 11.5. The third-order valence-corrected chi connectivity index (χ3v) is 5.90. The molecule has 2 heterocycles. The van der Waals surface area contributed by atoms with Gasteiger partial charge in [-0.05, 0) is 36.6 Å². The van der Waals surface area contributed by atoms with Crippen molar-refractivity contribution < 1.29 is 13.2 Å². The van der Waals surface area contributed by atoms with Gasteiger partial charge < -0.3 is 4.74 Å². The van der Waals surface area contributed by atoms with Gasteiger partial charge in [0.2, 0.25) is 15.9 Å². The van der Waals surface area contributed by atoms with Crippen LogP contribution in [-0.2, 0) is 15.8 Å². The van der Waals surface area contributed by atoms with Crippen molar-refractivity contribution in [2.75, 3.05) is 13.1 Å². The molecule has 24 heavy (non-hydrogen) atoms. The summed E-state index contributed by atoms with van der Waals surface area (Å²) in [5.41, 5.74) is 0.719. The minimum atomic E-state index is -3.40. The van der Waals surface area contributed by atoms with Gasteiger partial charge >= 0.3 is 0 Å². The molecule has 0 aliphatic carbocycles. The van der Waals surface area contributed by atoms with Gasteiger partial charge in [-0.15, -0.1) is 5.10 Å². The Morgan fingerprint density at radius 2 is 2.04 bits per heavy atom. The van der Waals surface area contributed by atoms with Gasteiger partial charge in [0, 0.05) is 23.8 Å². The summed E-state index contributed by atoms with van der Waals surface area (Å²) in [6.07, 6.45) is 2.90. The number of benzene rings is 1. The molecule has 128 valence electrons. The van der Waals surface area contributed by atoms with E-state index < -0.39 is 10.0 Å². The number of rotatable bonds is 5.